The third-order valence-corrected chi connectivity index (χ3v) is 4.04. The van der Waals surface area contributed by atoms with Gasteiger partial charge in [-0.2, -0.15) is 0 Å². The molecule has 2 aromatic carbocycles. The number of halogens is 2. The monoisotopic (exact) mass is 389 g/mol. The lowest BCUT2D eigenvalue weighted by Crippen LogP contribution is -2.08. The van der Waals surface area contributed by atoms with Crippen molar-refractivity contribution in [3.05, 3.63) is 80.6 Å². The third-order valence-electron chi connectivity index (χ3n) is 3.49. The Morgan fingerprint density at radius 3 is 2.46 bits per heavy atom. The summed E-state index contributed by atoms with van der Waals surface area (Å²) in [5, 5.41) is 18.2. The topological polar surface area (TPSA) is 93.0 Å². The quantitative estimate of drug-likeness (QED) is 0.452. The van der Waals surface area contributed by atoms with Crippen molar-refractivity contribution in [2.24, 2.45) is 0 Å². The molecular weight excluding hydrogens is 377 g/mol. The summed E-state index contributed by atoms with van der Waals surface area (Å²) < 4.78 is 0. The summed E-state index contributed by atoms with van der Waals surface area (Å²) >= 11 is 12.0. The van der Waals surface area contributed by atoms with Gasteiger partial charge in [0.1, 0.15) is 6.33 Å². The van der Waals surface area contributed by atoms with Crippen molar-refractivity contribution < 1.29 is 4.92 Å². The van der Waals surface area contributed by atoms with E-state index < -0.39 is 4.92 Å². The molecule has 0 aliphatic rings. The predicted octanol–water partition coefficient (Wildman–Crippen LogP) is 5.05. The summed E-state index contributed by atoms with van der Waals surface area (Å²) in [4.78, 5) is 19.0. The maximum Gasteiger partial charge on any atom is 0.353 e. The van der Waals surface area contributed by atoms with E-state index in [1.165, 1.54) is 12.4 Å². The summed E-state index contributed by atoms with van der Waals surface area (Å²) in [7, 11) is 0. The molecule has 0 spiro atoms. The van der Waals surface area contributed by atoms with Crippen LogP contribution < -0.4 is 10.6 Å². The van der Waals surface area contributed by atoms with Crippen molar-refractivity contribution in [1.82, 2.24) is 9.97 Å². The van der Waals surface area contributed by atoms with Gasteiger partial charge in [0.25, 0.3) is 0 Å². The molecule has 132 valence electrons. The fourth-order valence-electron chi connectivity index (χ4n) is 2.27. The number of rotatable bonds is 6. The fraction of sp³-hybridized carbons (Fsp3) is 0.0588. The van der Waals surface area contributed by atoms with E-state index in [9.17, 15) is 10.1 Å². The standard InChI is InChI=1S/C17H13Cl2N5O2/c18-12-6-7-14(13(19)8-12)23-17-15(24(25)26)16(21-10-22-17)20-9-11-4-2-1-3-5-11/h1-8,10H,9H2,(H2,20,21,22,23). The number of aromatic nitrogens is 2. The molecule has 7 nitrogen and oxygen atoms in total. The Balaban J connectivity index is 1.89. The smallest absolute Gasteiger partial charge is 0.353 e. The highest BCUT2D eigenvalue weighted by atomic mass is 35.5. The molecular formula is C17H13Cl2N5O2. The first-order valence-electron chi connectivity index (χ1n) is 7.54. The van der Waals surface area contributed by atoms with Crippen molar-refractivity contribution in [3.8, 4) is 0 Å². The molecule has 0 bridgehead atoms. The van der Waals surface area contributed by atoms with Gasteiger partial charge in [-0.3, -0.25) is 10.1 Å². The van der Waals surface area contributed by atoms with E-state index in [0.717, 1.165) is 5.56 Å². The number of hydrogen-bond donors (Lipinski definition) is 2. The Hall–Kier alpha value is -2.90. The molecule has 9 heteroatoms. The van der Waals surface area contributed by atoms with Crippen LogP contribution in [-0.4, -0.2) is 14.9 Å². The zero-order chi connectivity index (χ0) is 18.5. The van der Waals surface area contributed by atoms with Crippen LogP contribution >= 0.6 is 23.2 Å². The van der Waals surface area contributed by atoms with Gasteiger partial charge < -0.3 is 10.6 Å². The highest BCUT2D eigenvalue weighted by Gasteiger charge is 2.23. The summed E-state index contributed by atoms with van der Waals surface area (Å²) in [5.41, 5.74) is 1.15. The van der Waals surface area contributed by atoms with Crippen LogP contribution in [0.3, 0.4) is 0 Å². The normalized spacial score (nSPS) is 10.4. The number of benzene rings is 2. The van der Waals surface area contributed by atoms with Crippen LogP contribution in [0.2, 0.25) is 10.0 Å². The maximum absolute atomic E-state index is 11.6. The molecule has 0 saturated carbocycles. The lowest BCUT2D eigenvalue weighted by atomic mass is 10.2. The molecule has 0 aliphatic carbocycles. The van der Waals surface area contributed by atoms with E-state index in [2.05, 4.69) is 20.6 Å². The lowest BCUT2D eigenvalue weighted by molar-refractivity contribution is -0.383. The molecule has 0 saturated heterocycles. The van der Waals surface area contributed by atoms with Gasteiger partial charge in [-0.25, -0.2) is 9.97 Å². The SMILES string of the molecule is O=[N+]([O-])c1c(NCc2ccccc2)ncnc1Nc1ccc(Cl)cc1Cl. The second-order valence-electron chi connectivity index (χ2n) is 5.26. The molecule has 26 heavy (non-hydrogen) atoms. The second kappa shape index (κ2) is 7.99. The number of nitrogens with one attached hydrogen (secondary N) is 2. The van der Waals surface area contributed by atoms with Crippen LogP contribution in [-0.2, 0) is 6.54 Å². The first kappa shape index (κ1) is 17.9. The molecule has 2 N–H and O–H groups in total. The van der Waals surface area contributed by atoms with Crippen molar-refractivity contribution in [1.29, 1.82) is 0 Å². The molecule has 0 amide bonds. The zero-order valence-corrected chi connectivity index (χ0v) is 14.8. The van der Waals surface area contributed by atoms with Gasteiger partial charge in [0.15, 0.2) is 0 Å². The van der Waals surface area contributed by atoms with E-state index >= 15 is 0 Å². The van der Waals surface area contributed by atoms with E-state index in [4.69, 9.17) is 23.2 Å². The van der Waals surface area contributed by atoms with Gasteiger partial charge in [0, 0.05) is 11.6 Å². The van der Waals surface area contributed by atoms with Gasteiger partial charge >= 0.3 is 5.69 Å². The molecule has 0 unspecified atom stereocenters. The number of nitrogens with zero attached hydrogens (tertiary/aromatic N) is 3. The summed E-state index contributed by atoms with van der Waals surface area (Å²) in [6, 6.07) is 14.3. The average molecular weight is 390 g/mol. The van der Waals surface area contributed by atoms with Crippen molar-refractivity contribution in [2.45, 2.75) is 6.54 Å². The van der Waals surface area contributed by atoms with Crippen LogP contribution in [0, 0.1) is 10.1 Å². The highest BCUT2D eigenvalue weighted by Crippen LogP contribution is 2.34. The van der Waals surface area contributed by atoms with Gasteiger partial charge in [0.2, 0.25) is 11.6 Å². The minimum absolute atomic E-state index is 0.0322. The van der Waals surface area contributed by atoms with Gasteiger partial charge in [-0.1, -0.05) is 53.5 Å². The fourth-order valence-corrected chi connectivity index (χ4v) is 2.73. The van der Waals surface area contributed by atoms with Crippen molar-refractivity contribution in [2.75, 3.05) is 10.6 Å². The molecule has 1 aromatic heterocycles. The minimum Gasteiger partial charge on any atom is -0.360 e. The van der Waals surface area contributed by atoms with Crippen LogP contribution in [0.15, 0.2) is 54.9 Å². The summed E-state index contributed by atoms with van der Waals surface area (Å²) in [5.74, 6) is 0.145. The number of nitro groups is 1. The van der Waals surface area contributed by atoms with Gasteiger partial charge in [0.05, 0.1) is 15.6 Å². The summed E-state index contributed by atoms with van der Waals surface area (Å²) in [6.07, 6.45) is 1.24. The molecule has 0 aliphatic heterocycles. The minimum atomic E-state index is -0.542. The highest BCUT2D eigenvalue weighted by molar-refractivity contribution is 6.36. The Morgan fingerprint density at radius 1 is 1.04 bits per heavy atom. The van der Waals surface area contributed by atoms with Crippen molar-refractivity contribution >= 4 is 46.2 Å². The molecule has 3 rings (SSSR count). The second-order valence-corrected chi connectivity index (χ2v) is 6.11. The van der Waals surface area contributed by atoms with Gasteiger partial charge in [-0.05, 0) is 23.8 Å². The first-order valence-corrected chi connectivity index (χ1v) is 8.29. The van der Waals surface area contributed by atoms with Crippen LogP contribution in [0.1, 0.15) is 5.56 Å². The molecule has 1 heterocycles. The van der Waals surface area contributed by atoms with E-state index in [1.807, 2.05) is 30.3 Å². The van der Waals surface area contributed by atoms with Crippen molar-refractivity contribution in [3.63, 3.8) is 0 Å². The molecule has 0 radical (unpaired) electrons. The summed E-state index contributed by atoms with van der Waals surface area (Å²) in [6.45, 7) is 0.389. The van der Waals surface area contributed by atoms with E-state index in [-0.39, 0.29) is 17.3 Å². The predicted molar refractivity (Wildman–Crippen MR) is 102 cm³/mol. The Bertz CT molecular complexity index is 938. The molecule has 0 atom stereocenters. The molecule has 3 aromatic rings. The molecule has 0 fully saturated rings. The van der Waals surface area contributed by atoms with Crippen LogP contribution in [0.5, 0.6) is 0 Å². The van der Waals surface area contributed by atoms with Gasteiger partial charge in [-0.15, -0.1) is 0 Å². The Morgan fingerprint density at radius 2 is 1.77 bits per heavy atom. The first-order chi connectivity index (χ1) is 12.5. The average Bonchev–Trinajstić information content (AvgIpc) is 2.63. The largest absolute Gasteiger partial charge is 0.360 e. The van der Waals surface area contributed by atoms with Crippen LogP contribution in [0.25, 0.3) is 0 Å². The maximum atomic E-state index is 11.6. The zero-order valence-electron chi connectivity index (χ0n) is 13.3. The van der Waals surface area contributed by atoms with Crippen LogP contribution in [0.4, 0.5) is 23.0 Å². The third kappa shape index (κ3) is 4.19. The van der Waals surface area contributed by atoms with E-state index in [1.54, 1.807) is 12.1 Å². The number of hydrogen-bond acceptors (Lipinski definition) is 6. The number of anilines is 3. The Kier molecular flexibility index (Phi) is 5.50. The van der Waals surface area contributed by atoms with E-state index in [0.29, 0.717) is 22.3 Å². The lowest BCUT2D eigenvalue weighted by Gasteiger charge is -2.11. The Labute approximate surface area is 159 Å².